The molecule has 0 aliphatic carbocycles. The number of amides is 3. The van der Waals surface area contributed by atoms with Crippen molar-refractivity contribution in [3.8, 4) is 0 Å². The second-order valence-corrected chi connectivity index (χ2v) is 6.25. The van der Waals surface area contributed by atoms with Crippen LogP contribution in [0.3, 0.4) is 0 Å². The maximum atomic E-state index is 12.1. The molecule has 0 unspecified atom stereocenters. The van der Waals surface area contributed by atoms with Crippen molar-refractivity contribution >= 4 is 29.1 Å². The molecule has 3 amide bonds. The third kappa shape index (κ3) is 6.42. The monoisotopic (exact) mass is 382 g/mol. The number of anilines is 2. The molecule has 2 rings (SSSR count). The number of rotatable bonds is 9. The van der Waals surface area contributed by atoms with E-state index in [0.29, 0.717) is 29.0 Å². The first kappa shape index (κ1) is 21.0. The number of carbonyl (C=O) groups is 3. The Balaban J connectivity index is 1.86. The SMILES string of the molecule is CCCCNC(=O)c1cccc(NCC(=O)Nc2ccc(C(=O)NC)cc2)c1. The van der Waals surface area contributed by atoms with Crippen LogP contribution in [0.1, 0.15) is 40.5 Å². The van der Waals surface area contributed by atoms with Crippen LogP contribution in [0.5, 0.6) is 0 Å². The lowest BCUT2D eigenvalue weighted by atomic mass is 10.2. The van der Waals surface area contributed by atoms with Crippen molar-refractivity contribution in [2.45, 2.75) is 19.8 Å². The number of hydrogen-bond acceptors (Lipinski definition) is 4. The number of carbonyl (C=O) groups excluding carboxylic acids is 3. The zero-order chi connectivity index (χ0) is 20.4. The molecular formula is C21H26N4O3. The third-order valence-corrected chi connectivity index (χ3v) is 4.05. The smallest absolute Gasteiger partial charge is 0.251 e. The van der Waals surface area contributed by atoms with Gasteiger partial charge in [-0.25, -0.2) is 0 Å². The summed E-state index contributed by atoms with van der Waals surface area (Å²) in [5.41, 5.74) is 2.36. The number of nitrogens with one attached hydrogen (secondary N) is 4. The van der Waals surface area contributed by atoms with Crippen molar-refractivity contribution in [1.29, 1.82) is 0 Å². The van der Waals surface area contributed by atoms with E-state index in [4.69, 9.17) is 0 Å². The van der Waals surface area contributed by atoms with Crippen LogP contribution in [-0.2, 0) is 4.79 Å². The summed E-state index contributed by atoms with van der Waals surface area (Å²) in [4.78, 5) is 35.7. The van der Waals surface area contributed by atoms with Gasteiger partial charge in [-0.2, -0.15) is 0 Å². The van der Waals surface area contributed by atoms with Crippen LogP contribution in [0.15, 0.2) is 48.5 Å². The van der Waals surface area contributed by atoms with Gasteiger partial charge in [0.2, 0.25) is 5.91 Å². The highest BCUT2D eigenvalue weighted by Gasteiger charge is 2.08. The number of hydrogen-bond donors (Lipinski definition) is 4. The van der Waals surface area contributed by atoms with Gasteiger partial charge in [-0.15, -0.1) is 0 Å². The Morgan fingerprint density at radius 3 is 2.32 bits per heavy atom. The predicted octanol–water partition coefficient (Wildman–Crippen LogP) is 2.63. The molecule has 0 saturated carbocycles. The van der Waals surface area contributed by atoms with Crippen molar-refractivity contribution in [3.05, 3.63) is 59.7 Å². The summed E-state index contributed by atoms with van der Waals surface area (Å²) < 4.78 is 0. The zero-order valence-electron chi connectivity index (χ0n) is 16.2. The van der Waals surface area contributed by atoms with Crippen LogP contribution in [0.2, 0.25) is 0 Å². The fourth-order valence-electron chi connectivity index (χ4n) is 2.49. The van der Waals surface area contributed by atoms with Crippen LogP contribution in [0.4, 0.5) is 11.4 Å². The Labute approximate surface area is 164 Å². The number of benzene rings is 2. The summed E-state index contributed by atoms with van der Waals surface area (Å²) in [6.07, 6.45) is 1.96. The summed E-state index contributed by atoms with van der Waals surface area (Å²) in [7, 11) is 1.56. The fourth-order valence-corrected chi connectivity index (χ4v) is 2.49. The first-order chi connectivity index (χ1) is 13.5. The summed E-state index contributed by atoms with van der Waals surface area (Å²) in [6, 6.07) is 13.6. The maximum Gasteiger partial charge on any atom is 0.251 e. The molecule has 0 aliphatic heterocycles. The molecule has 0 atom stereocenters. The Bertz CT molecular complexity index is 819. The Hall–Kier alpha value is -3.35. The van der Waals surface area contributed by atoms with Gasteiger partial charge in [-0.05, 0) is 48.9 Å². The average molecular weight is 382 g/mol. The largest absolute Gasteiger partial charge is 0.376 e. The van der Waals surface area contributed by atoms with E-state index in [0.717, 1.165) is 12.8 Å². The van der Waals surface area contributed by atoms with Crippen molar-refractivity contribution in [2.24, 2.45) is 0 Å². The molecule has 0 fully saturated rings. The molecule has 7 nitrogen and oxygen atoms in total. The lowest BCUT2D eigenvalue weighted by molar-refractivity contribution is -0.114. The van der Waals surface area contributed by atoms with Gasteiger partial charge in [-0.1, -0.05) is 19.4 Å². The topological polar surface area (TPSA) is 99.3 Å². The first-order valence-electron chi connectivity index (χ1n) is 9.27. The minimum atomic E-state index is -0.231. The summed E-state index contributed by atoms with van der Waals surface area (Å²) in [6.45, 7) is 2.77. The fraction of sp³-hybridized carbons (Fsp3) is 0.286. The van der Waals surface area contributed by atoms with E-state index in [-0.39, 0.29) is 24.3 Å². The second kappa shape index (κ2) is 10.7. The average Bonchev–Trinajstić information content (AvgIpc) is 2.72. The molecular weight excluding hydrogens is 356 g/mol. The molecule has 0 radical (unpaired) electrons. The van der Waals surface area contributed by atoms with Crippen molar-refractivity contribution < 1.29 is 14.4 Å². The standard InChI is InChI=1S/C21H26N4O3/c1-3-4-12-23-21(28)16-6-5-7-18(13-16)24-14-19(26)25-17-10-8-15(9-11-17)20(27)22-2/h5-11,13,24H,3-4,12,14H2,1-2H3,(H,22,27)(H,23,28)(H,25,26). The van der Waals surface area contributed by atoms with E-state index >= 15 is 0 Å². The lowest BCUT2D eigenvalue weighted by Gasteiger charge is -2.10. The van der Waals surface area contributed by atoms with Gasteiger partial charge >= 0.3 is 0 Å². The molecule has 0 aromatic heterocycles. The highest BCUT2D eigenvalue weighted by Crippen LogP contribution is 2.12. The Kier molecular flexibility index (Phi) is 8.02. The molecule has 0 heterocycles. The zero-order valence-corrected chi connectivity index (χ0v) is 16.2. The maximum absolute atomic E-state index is 12.1. The van der Waals surface area contributed by atoms with Crippen LogP contribution in [-0.4, -0.2) is 37.9 Å². The third-order valence-electron chi connectivity index (χ3n) is 4.05. The van der Waals surface area contributed by atoms with Gasteiger partial charge in [0.25, 0.3) is 11.8 Å². The van der Waals surface area contributed by atoms with Crippen molar-refractivity contribution in [2.75, 3.05) is 30.8 Å². The van der Waals surface area contributed by atoms with E-state index in [1.807, 2.05) is 0 Å². The molecule has 0 bridgehead atoms. The van der Waals surface area contributed by atoms with E-state index in [9.17, 15) is 14.4 Å². The lowest BCUT2D eigenvalue weighted by Crippen LogP contribution is -2.25. The molecule has 148 valence electrons. The summed E-state index contributed by atoms with van der Waals surface area (Å²) >= 11 is 0. The molecule has 28 heavy (non-hydrogen) atoms. The van der Waals surface area contributed by atoms with Crippen LogP contribution in [0, 0.1) is 0 Å². The van der Waals surface area contributed by atoms with Crippen LogP contribution >= 0.6 is 0 Å². The molecule has 2 aromatic rings. The van der Waals surface area contributed by atoms with Crippen LogP contribution in [0.25, 0.3) is 0 Å². The minimum absolute atomic E-state index is 0.0537. The molecule has 2 aromatic carbocycles. The summed E-state index contributed by atoms with van der Waals surface area (Å²) in [5.74, 6) is -0.540. The van der Waals surface area contributed by atoms with Crippen molar-refractivity contribution in [1.82, 2.24) is 10.6 Å². The van der Waals surface area contributed by atoms with Gasteiger partial charge < -0.3 is 21.3 Å². The molecule has 7 heteroatoms. The quantitative estimate of drug-likeness (QED) is 0.501. The minimum Gasteiger partial charge on any atom is -0.376 e. The number of unbranched alkanes of at least 4 members (excludes halogenated alkanes) is 1. The Morgan fingerprint density at radius 1 is 0.893 bits per heavy atom. The van der Waals surface area contributed by atoms with E-state index in [2.05, 4.69) is 28.2 Å². The molecule has 4 N–H and O–H groups in total. The highest BCUT2D eigenvalue weighted by atomic mass is 16.2. The van der Waals surface area contributed by atoms with E-state index in [1.165, 1.54) is 0 Å². The normalized spacial score (nSPS) is 10.1. The Morgan fingerprint density at radius 2 is 1.64 bits per heavy atom. The van der Waals surface area contributed by atoms with Crippen molar-refractivity contribution in [3.63, 3.8) is 0 Å². The van der Waals surface area contributed by atoms with Gasteiger partial charge in [0.05, 0.1) is 6.54 Å². The molecule has 0 spiro atoms. The van der Waals surface area contributed by atoms with Gasteiger partial charge in [0.15, 0.2) is 0 Å². The van der Waals surface area contributed by atoms with Gasteiger partial charge in [0, 0.05) is 36.1 Å². The van der Waals surface area contributed by atoms with E-state index in [1.54, 1.807) is 55.6 Å². The highest BCUT2D eigenvalue weighted by molar-refractivity contribution is 5.97. The first-order valence-corrected chi connectivity index (χ1v) is 9.27. The summed E-state index contributed by atoms with van der Waals surface area (Å²) in [5, 5.41) is 11.2. The molecule has 0 aliphatic rings. The van der Waals surface area contributed by atoms with Gasteiger partial charge in [-0.3, -0.25) is 14.4 Å². The predicted molar refractivity (Wildman–Crippen MR) is 111 cm³/mol. The second-order valence-electron chi connectivity index (χ2n) is 6.25. The van der Waals surface area contributed by atoms with Gasteiger partial charge in [0.1, 0.15) is 0 Å². The van der Waals surface area contributed by atoms with Crippen LogP contribution < -0.4 is 21.3 Å². The molecule has 0 saturated heterocycles. The van der Waals surface area contributed by atoms with E-state index < -0.39 is 0 Å².